The van der Waals surface area contributed by atoms with Crippen molar-refractivity contribution in [3.63, 3.8) is 0 Å². The Kier molecular flexibility index (Phi) is 4.12. The quantitative estimate of drug-likeness (QED) is 0.581. The number of thiocarbonyl (C=S) groups is 1. The predicted molar refractivity (Wildman–Crippen MR) is 91.5 cm³/mol. The number of aliphatic imine (C=N–C) groups is 1. The Hall–Kier alpha value is -2.67. The summed E-state index contributed by atoms with van der Waals surface area (Å²) in [7, 11) is -3.75. The van der Waals surface area contributed by atoms with Crippen molar-refractivity contribution in [2.75, 3.05) is 4.72 Å². The molecule has 0 aliphatic carbocycles. The molecule has 114 valence electrons. The molecule has 3 aromatic rings. The number of benzene rings is 2. The zero-order valence-corrected chi connectivity index (χ0v) is 13.3. The van der Waals surface area contributed by atoms with Gasteiger partial charge in [0.25, 0.3) is 10.0 Å². The zero-order valence-electron chi connectivity index (χ0n) is 11.7. The molecule has 0 amide bonds. The van der Waals surface area contributed by atoms with Crippen molar-refractivity contribution in [2.24, 2.45) is 4.99 Å². The van der Waals surface area contributed by atoms with Gasteiger partial charge in [-0.15, -0.1) is 0 Å². The van der Waals surface area contributed by atoms with E-state index in [0.717, 1.165) is 0 Å². The molecule has 0 saturated carbocycles. The number of sulfonamides is 1. The number of rotatable bonds is 4. The molecule has 1 heterocycles. The van der Waals surface area contributed by atoms with Gasteiger partial charge in [-0.2, -0.15) is 4.99 Å². The van der Waals surface area contributed by atoms with Gasteiger partial charge in [0, 0.05) is 0 Å². The largest absolute Gasteiger partial charge is 0.263 e. The number of aromatic nitrogens is 2. The molecule has 6 nitrogen and oxygen atoms in total. The minimum Gasteiger partial charge on any atom is -0.262 e. The van der Waals surface area contributed by atoms with E-state index in [1.807, 2.05) is 12.1 Å². The number of fused-ring (bicyclic) bond motifs is 1. The van der Waals surface area contributed by atoms with Gasteiger partial charge in [-0.25, -0.2) is 13.4 Å². The summed E-state index contributed by atoms with van der Waals surface area (Å²) in [6, 6.07) is 13.2. The maximum absolute atomic E-state index is 12.4. The monoisotopic (exact) mass is 342 g/mol. The van der Waals surface area contributed by atoms with Crippen LogP contribution in [0, 0.1) is 0 Å². The molecule has 0 atom stereocenters. The van der Waals surface area contributed by atoms with Crippen LogP contribution in [0.25, 0.3) is 11.0 Å². The number of hydrogen-bond donors (Lipinski definition) is 1. The Morgan fingerprint density at radius 1 is 1.04 bits per heavy atom. The number of nitrogens with one attached hydrogen (secondary N) is 1. The van der Waals surface area contributed by atoms with E-state index in [2.05, 4.69) is 37.1 Å². The number of anilines is 1. The van der Waals surface area contributed by atoms with E-state index in [1.165, 1.54) is 18.3 Å². The lowest BCUT2D eigenvalue weighted by Gasteiger charge is -2.07. The molecule has 8 heteroatoms. The van der Waals surface area contributed by atoms with Gasteiger partial charge in [0.05, 0.1) is 33.0 Å². The van der Waals surface area contributed by atoms with Gasteiger partial charge in [0.1, 0.15) is 0 Å². The third-order valence-corrected chi connectivity index (χ3v) is 4.47. The second kappa shape index (κ2) is 6.21. The lowest BCUT2D eigenvalue weighted by atomic mass is 10.3. The van der Waals surface area contributed by atoms with E-state index in [0.29, 0.717) is 16.7 Å². The van der Waals surface area contributed by atoms with Gasteiger partial charge in [-0.1, -0.05) is 12.1 Å². The van der Waals surface area contributed by atoms with E-state index in [1.54, 1.807) is 24.3 Å². The van der Waals surface area contributed by atoms with E-state index < -0.39 is 10.0 Å². The average Bonchev–Trinajstić information content (AvgIpc) is 2.55. The van der Waals surface area contributed by atoms with Gasteiger partial charge < -0.3 is 0 Å². The van der Waals surface area contributed by atoms with Crippen LogP contribution < -0.4 is 4.72 Å². The van der Waals surface area contributed by atoms with Crippen molar-refractivity contribution < 1.29 is 8.42 Å². The van der Waals surface area contributed by atoms with Crippen LogP contribution in [0.5, 0.6) is 0 Å². The molecular formula is C15H10N4O2S2. The molecular weight excluding hydrogens is 332 g/mol. The predicted octanol–water partition coefficient (Wildman–Crippen LogP) is 3.16. The second-order valence-corrected chi connectivity index (χ2v) is 6.41. The Morgan fingerprint density at radius 2 is 1.74 bits per heavy atom. The Bertz CT molecular complexity index is 1010. The molecule has 0 fully saturated rings. The molecule has 1 N–H and O–H groups in total. The second-order valence-electron chi connectivity index (χ2n) is 4.55. The van der Waals surface area contributed by atoms with E-state index in [4.69, 9.17) is 0 Å². The molecule has 0 radical (unpaired) electrons. The van der Waals surface area contributed by atoms with Gasteiger partial charge in [-0.3, -0.25) is 9.71 Å². The fourth-order valence-corrected chi connectivity index (χ4v) is 3.05. The van der Waals surface area contributed by atoms with Crippen molar-refractivity contribution in [3.8, 4) is 0 Å². The van der Waals surface area contributed by atoms with Crippen LogP contribution in [-0.2, 0) is 10.0 Å². The summed E-state index contributed by atoms with van der Waals surface area (Å²) in [6.07, 6.45) is 1.38. The molecule has 23 heavy (non-hydrogen) atoms. The van der Waals surface area contributed by atoms with Crippen molar-refractivity contribution in [1.29, 1.82) is 0 Å². The number of para-hydroxylation sites is 2. The van der Waals surface area contributed by atoms with Crippen molar-refractivity contribution >= 4 is 49.9 Å². The maximum Gasteiger partial charge on any atom is 0.263 e. The molecule has 3 rings (SSSR count). The molecule has 0 saturated heterocycles. The van der Waals surface area contributed by atoms with Crippen LogP contribution in [-0.4, -0.2) is 23.5 Å². The average molecular weight is 342 g/mol. The first kappa shape index (κ1) is 15.2. The van der Waals surface area contributed by atoms with Crippen molar-refractivity contribution in [3.05, 3.63) is 54.7 Å². The van der Waals surface area contributed by atoms with Crippen LogP contribution in [0.4, 0.5) is 11.5 Å². The van der Waals surface area contributed by atoms with E-state index in [-0.39, 0.29) is 10.7 Å². The first-order valence-electron chi connectivity index (χ1n) is 6.51. The van der Waals surface area contributed by atoms with Gasteiger partial charge >= 0.3 is 0 Å². The molecule has 2 aromatic carbocycles. The topological polar surface area (TPSA) is 84.3 Å². The number of isothiocyanates is 1. The Balaban J connectivity index is 1.91. The summed E-state index contributed by atoms with van der Waals surface area (Å²) < 4.78 is 27.1. The third kappa shape index (κ3) is 3.40. The zero-order chi connectivity index (χ0) is 16.3. The number of hydrogen-bond acceptors (Lipinski definition) is 6. The molecule has 1 aromatic heterocycles. The highest BCUT2D eigenvalue weighted by Gasteiger charge is 2.15. The van der Waals surface area contributed by atoms with Crippen LogP contribution in [0.3, 0.4) is 0 Å². The summed E-state index contributed by atoms with van der Waals surface area (Å²) in [5.41, 5.74) is 1.83. The van der Waals surface area contributed by atoms with Crippen molar-refractivity contribution in [1.82, 2.24) is 9.97 Å². The first-order valence-corrected chi connectivity index (χ1v) is 8.40. The van der Waals surface area contributed by atoms with Crippen LogP contribution in [0.15, 0.2) is 64.6 Å². The fraction of sp³-hybridized carbons (Fsp3) is 0. The summed E-state index contributed by atoms with van der Waals surface area (Å²) in [5.74, 6) is 0.157. The van der Waals surface area contributed by atoms with Crippen LogP contribution >= 0.6 is 12.2 Å². The van der Waals surface area contributed by atoms with E-state index in [9.17, 15) is 8.42 Å². The first-order chi connectivity index (χ1) is 11.1. The van der Waals surface area contributed by atoms with Gasteiger partial charge in [0.15, 0.2) is 5.82 Å². The van der Waals surface area contributed by atoms with Crippen molar-refractivity contribution in [2.45, 2.75) is 4.90 Å². The lowest BCUT2D eigenvalue weighted by molar-refractivity contribution is 0.601. The molecule has 0 unspecified atom stereocenters. The minimum atomic E-state index is -3.75. The molecule has 0 spiro atoms. The van der Waals surface area contributed by atoms with Crippen LogP contribution in [0.2, 0.25) is 0 Å². The SMILES string of the molecule is O=S(=O)(Nc1cnc2ccccc2n1)c1ccc(N=C=S)cc1. The normalized spacial score (nSPS) is 11.0. The van der Waals surface area contributed by atoms with Gasteiger partial charge in [-0.05, 0) is 48.6 Å². The standard InChI is InChI=1S/C15H10N4O2S2/c20-23(21,12-7-5-11(6-8-12)17-10-22)19-15-9-16-13-3-1-2-4-14(13)18-15/h1-9H,(H,18,19). The van der Waals surface area contributed by atoms with Crippen LogP contribution in [0.1, 0.15) is 0 Å². The smallest absolute Gasteiger partial charge is 0.262 e. The maximum atomic E-state index is 12.4. The fourth-order valence-electron chi connectivity index (χ4n) is 1.96. The number of nitrogens with zero attached hydrogens (tertiary/aromatic N) is 3. The van der Waals surface area contributed by atoms with Gasteiger partial charge in [0.2, 0.25) is 0 Å². The Morgan fingerprint density at radius 3 is 2.43 bits per heavy atom. The minimum absolute atomic E-state index is 0.0933. The summed E-state index contributed by atoms with van der Waals surface area (Å²) >= 11 is 4.50. The highest BCUT2D eigenvalue weighted by molar-refractivity contribution is 7.92. The highest BCUT2D eigenvalue weighted by atomic mass is 32.2. The summed E-state index contributed by atoms with van der Waals surface area (Å²) in [5, 5.41) is 2.22. The van der Waals surface area contributed by atoms with E-state index >= 15 is 0 Å². The molecule has 0 aliphatic heterocycles. The highest BCUT2D eigenvalue weighted by Crippen LogP contribution is 2.19. The third-order valence-electron chi connectivity index (χ3n) is 3.01. The molecule has 0 aliphatic rings. The summed E-state index contributed by atoms with van der Waals surface area (Å²) in [4.78, 5) is 12.3. The molecule has 0 bridgehead atoms. The Labute approximate surface area is 138 Å². The summed E-state index contributed by atoms with van der Waals surface area (Å²) in [6.45, 7) is 0. The lowest BCUT2D eigenvalue weighted by Crippen LogP contribution is -2.14.